The Bertz CT molecular complexity index is 938. The van der Waals surface area contributed by atoms with E-state index in [-0.39, 0.29) is 35.8 Å². The molecule has 0 atom stereocenters. The van der Waals surface area contributed by atoms with Gasteiger partial charge in [0.15, 0.2) is 11.6 Å². The second kappa shape index (κ2) is 7.03. The number of benzene rings is 2. The molecule has 1 fully saturated rings. The van der Waals surface area contributed by atoms with Crippen LogP contribution >= 0.6 is 0 Å². The van der Waals surface area contributed by atoms with E-state index in [4.69, 9.17) is 0 Å². The van der Waals surface area contributed by atoms with E-state index in [1.165, 1.54) is 6.07 Å². The number of para-hydroxylation sites is 1. The number of amides is 1. The molecule has 3 rings (SSSR count). The summed E-state index contributed by atoms with van der Waals surface area (Å²) in [4.78, 5) is 13.1. The molecule has 0 radical (unpaired) electrons. The fraction of sp³-hybridized carbons (Fsp3) is 0.278. The van der Waals surface area contributed by atoms with Crippen LogP contribution in [0.3, 0.4) is 0 Å². The van der Waals surface area contributed by atoms with Crippen LogP contribution in [0.15, 0.2) is 36.4 Å². The molecule has 0 spiro atoms. The lowest BCUT2D eigenvalue weighted by molar-refractivity contribution is -0.119. The van der Waals surface area contributed by atoms with Crippen LogP contribution in [0, 0.1) is 11.6 Å². The van der Waals surface area contributed by atoms with E-state index in [1.54, 1.807) is 18.2 Å². The minimum Gasteiger partial charge on any atom is -0.307 e. The Kier molecular flexibility index (Phi) is 4.95. The van der Waals surface area contributed by atoms with Crippen LogP contribution in [0.5, 0.6) is 0 Å². The Hall–Kier alpha value is -2.48. The van der Waals surface area contributed by atoms with Crippen molar-refractivity contribution in [1.82, 2.24) is 0 Å². The van der Waals surface area contributed by atoms with E-state index < -0.39 is 21.7 Å². The quantitative estimate of drug-likeness (QED) is 0.883. The summed E-state index contributed by atoms with van der Waals surface area (Å²) in [6, 6.07) is 8.55. The number of nitrogens with one attached hydrogen (secondary N) is 1. The van der Waals surface area contributed by atoms with Crippen LogP contribution in [0.1, 0.15) is 19.3 Å². The van der Waals surface area contributed by atoms with E-state index in [0.29, 0.717) is 18.4 Å². The van der Waals surface area contributed by atoms with Crippen LogP contribution < -0.4 is 9.62 Å². The van der Waals surface area contributed by atoms with Gasteiger partial charge in [-0.25, -0.2) is 17.2 Å². The highest BCUT2D eigenvalue weighted by Gasteiger charge is 2.26. The van der Waals surface area contributed by atoms with Crippen molar-refractivity contribution in [3.05, 3.63) is 48.0 Å². The fourth-order valence-corrected chi connectivity index (χ4v) is 3.62. The number of carbonyl (C=O) groups excluding carboxylic acids is 1. The fourth-order valence-electron chi connectivity index (χ4n) is 3.04. The van der Waals surface area contributed by atoms with Crippen molar-refractivity contribution < 1.29 is 22.0 Å². The molecule has 0 unspecified atom stereocenters. The molecule has 0 bridgehead atoms. The van der Waals surface area contributed by atoms with E-state index in [9.17, 15) is 22.0 Å². The predicted octanol–water partition coefficient (Wildman–Crippen LogP) is 3.52. The van der Waals surface area contributed by atoms with Crippen molar-refractivity contribution in [3.63, 3.8) is 0 Å². The Morgan fingerprint density at radius 1 is 1.08 bits per heavy atom. The zero-order valence-electron chi connectivity index (χ0n) is 14.1. The number of hydrogen-bond acceptors (Lipinski definition) is 3. The highest BCUT2D eigenvalue weighted by molar-refractivity contribution is 7.92. The van der Waals surface area contributed by atoms with Crippen molar-refractivity contribution in [2.45, 2.75) is 19.3 Å². The van der Waals surface area contributed by atoms with Gasteiger partial charge in [-0.05, 0) is 36.6 Å². The zero-order chi connectivity index (χ0) is 18.9. The number of piperidine rings is 1. The lowest BCUT2D eigenvalue weighted by Crippen LogP contribution is -2.36. The smallest absolute Gasteiger partial charge is 0.229 e. The van der Waals surface area contributed by atoms with Crippen LogP contribution in [0.2, 0.25) is 0 Å². The number of anilines is 2. The number of halogens is 2. The molecular formula is C18H18F2N2O3S. The van der Waals surface area contributed by atoms with Crippen LogP contribution in [-0.4, -0.2) is 27.1 Å². The van der Waals surface area contributed by atoms with Gasteiger partial charge in [0.1, 0.15) is 5.69 Å². The minimum atomic E-state index is -3.55. The minimum absolute atomic E-state index is 0.181. The van der Waals surface area contributed by atoms with Gasteiger partial charge in [-0.2, -0.15) is 0 Å². The van der Waals surface area contributed by atoms with Crippen LogP contribution in [-0.2, 0) is 14.8 Å². The maximum Gasteiger partial charge on any atom is 0.229 e. The van der Waals surface area contributed by atoms with E-state index in [0.717, 1.165) is 23.3 Å². The maximum absolute atomic E-state index is 14.7. The van der Waals surface area contributed by atoms with Crippen molar-refractivity contribution >= 4 is 27.3 Å². The number of carbonyl (C=O) groups is 1. The predicted molar refractivity (Wildman–Crippen MR) is 96.5 cm³/mol. The Morgan fingerprint density at radius 3 is 2.35 bits per heavy atom. The first-order valence-electron chi connectivity index (χ1n) is 8.13. The van der Waals surface area contributed by atoms with Gasteiger partial charge in [-0.1, -0.05) is 18.2 Å². The molecule has 26 heavy (non-hydrogen) atoms. The molecule has 0 aliphatic carbocycles. The summed E-state index contributed by atoms with van der Waals surface area (Å²) in [6.07, 6.45) is 2.66. The highest BCUT2D eigenvalue weighted by Crippen LogP contribution is 2.34. The average Bonchev–Trinajstić information content (AvgIpc) is 2.55. The second-order valence-corrected chi connectivity index (χ2v) is 7.96. The SMILES string of the molecule is CS(=O)(=O)Nc1ccccc1-c1cc(F)c(N2CCCCC2=O)c(F)c1. The lowest BCUT2D eigenvalue weighted by Gasteiger charge is -2.27. The molecule has 138 valence electrons. The Balaban J connectivity index is 2.05. The number of hydrogen-bond donors (Lipinski definition) is 1. The molecule has 5 nitrogen and oxygen atoms in total. The molecule has 1 N–H and O–H groups in total. The summed E-state index contributed by atoms with van der Waals surface area (Å²) in [7, 11) is -3.55. The molecule has 2 aromatic rings. The van der Waals surface area contributed by atoms with Crippen LogP contribution in [0.25, 0.3) is 11.1 Å². The first-order valence-corrected chi connectivity index (χ1v) is 10.0. The van der Waals surface area contributed by atoms with Gasteiger partial charge in [0.25, 0.3) is 0 Å². The summed E-state index contributed by atoms with van der Waals surface area (Å²) in [5, 5.41) is 0. The third-order valence-electron chi connectivity index (χ3n) is 4.14. The molecule has 0 saturated carbocycles. The van der Waals surface area contributed by atoms with E-state index in [2.05, 4.69) is 4.72 Å². The zero-order valence-corrected chi connectivity index (χ0v) is 14.9. The number of nitrogens with zero attached hydrogens (tertiary/aromatic N) is 1. The first-order chi connectivity index (χ1) is 12.3. The summed E-state index contributed by atoms with van der Waals surface area (Å²) in [5.74, 6) is -2.02. The third-order valence-corrected chi connectivity index (χ3v) is 4.73. The van der Waals surface area contributed by atoms with Crippen molar-refractivity contribution in [2.75, 3.05) is 22.4 Å². The molecule has 2 aromatic carbocycles. The molecular weight excluding hydrogens is 362 g/mol. The van der Waals surface area contributed by atoms with Gasteiger partial charge in [0.2, 0.25) is 15.9 Å². The van der Waals surface area contributed by atoms with Gasteiger partial charge >= 0.3 is 0 Å². The molecule has 1 saturated heterocycles. The summed E-state index contributed by atoms with van der Waals surface area (Å²) < 4.78 is 54.7. The molecule has 1 heterocycles. The highest BCUT2D eigenvalue weighted by atomic mass is 32.2. The molecule has 0 aromatic heterocycles. The Morgan fingerprint density at radius 2 is 1.73 bits per heavy atom. The van der Waals surface area contributed by atoms with E-state index >= 15 is 0 Å². The van der Waals surface area contributed by atoms with E-state index in [1.807, 2.05) is 0 Å². The van der Waals surface area contributed by atoms with Gasteiger partial charge in [0.05, 0.1) is 11.9 Å². The third kappa shape index (κ3) is 3.85. The summed E-state index contributed by atoms with van der Waals surface area (Å²) in [5.41, 5.74) is 0.384. The van der Waals surface area contributed by atoms with Crippen molar-refractivity contribution in [3.8, 4) is 11.1 Å². The first kappa shape index (κ1) is 18.3. The van der Waals surface area contributed by atoms with Crippen LogP contribution in [0.4, 0.5) is 20.2 Å². The second-order valence-electron chi connectivity index (χ2n) is 6.21. The monoisotopic (exact) mass is 380 g/mol. The molecule has 8 heteroatoms. The largest absolute Gasteiger partial charge is 0.307 e. The topological polar surface area (TPSA) is 66.5 Å². The lowest BCUT2D eigenvalue weighted by atomic mass is 10.0. The van der Waals surface area contributed by atoms with Crippen molar-refractivity contribution in [2.24, 2.45) is 0 Å². The summed E-state index contributed by atoms with van der Waals surface area (Å²) >= 11 is 0. The van der Waals surface area contributed by atoms with Gasteiger partial charge in [-0.15, -0.1) is 0 Å². The van der Waals surface area contributed by atoms with Gasteiger partial charge in [0, 0.05) is 18.5 Å². The van der Waals surface area contributed by atoms with Gasteiger partial charge < -0.3 is 4.90 Å². The average molecular weight is 380 g/mol. The standard InChI is InChI=1S/C18H18F2N2O3S/c1-26(24,25)21-16-7-3-2-6-13(16)12-10-14(19)18(15(20)11-12)22-9-5-4-8-17(22)23/h2-3,6-7,10-11,21H,4-5,8-9H2,1H3. The normalized spacial score (nSPS) is 15.2. The maximum atomic E-state index is 14.7. The van der Waals surface area contributed by atoms with Gasteiger partial charge in [-0.3, -0.25) is 9.52 Å². The summed E-state index contributed by atoms with van der Waals surface area (Å²) in [6.45, 7) is 0.276. The van der Waals surface area contributed by atoms with Crippen molar-refractivity contribution in [1.29, 1.82) is 0 Å². The Labute approximate surface area is 150 Å². The molecule has 1 aliphatic rings. The number of sulfonamides is 1. The molecule has 1 amide bonds. The number of rotatable bonds is 4. The molecule has 1 aliphatic heterocycles.